The Bertz CT molecular complexity index is 537. The largest absolute Gasteiger partial charge is 0.508 e. The van der Waals surface area contributed by atoms with Gasteiger partial charge in [-0.2, -0.15) is 0 Å². The fourth-order valence-electron chi connectivity index (χ4n) is 1.41. The van der Waals surface area contributed by atoms with Crippen LogP contribution in [0.15, 0.2) is 30.3 Å². The van der Waals surface area contributed by atoms with Gasteiger partial charge in [-0.05, 0) is 24.3 Å². The summed E-state index contributed by atoms with van der Waals surface area (Å²) in [5.41, 5.74) is 1.45. The number of fused-ring (bicyclic) bond motifs is 1. The molecular weight excluding hydrogens is 206 g/mol. The predicted molar refractivity (Wildman–Crippen MR) is 58.9 cm³/mol. The number of benzene rings is 1. The molecule has 2 aromatic rings. The normalized spacial score (nSPS) is 10.3. The maximum Gasteiger partial charge on any atom is 0.303 e. The van der Waals surface area contributed by atoms with Crippen LogP contribution in [0.5, 0.6) is 5.75 Å². The number of carbonyl (C=O) groups excluding carboxylic acids is 1. The van der Waals surface area contributed by atoms with Gasteiger partial charge in [0.25, 0.3) is 0 Å². The monoisotopic (exact) mass is 217 g/mol. The highest BCUT2D eigenvalue weighted by Gasteiger charge is 2.01. The highest BCUT2D eigenvalue weighted by Crippen LogP contribution is 2.18. The molecular formula is C12H11NO3. The van der Waals surface area contributed by atoms with E-state index in [2.05, 4.69) is 4.98 Å². The molecule has 1 heterocycles. The topological polar surface area (TPSA) is 59.4 Å². The van der Waals surface area contributed by atoms with Gasteiger partial charge in [-0.1, -0.05) is 6.07 Å². The van der Waals surface area contributed by atoms with E-state index < -0.39 is 0 Å². The number of ether oxygens (including phenoxy) is 1. The highest BCUT2D eigenvalue weighted by atomic mass is 16.5. The van der Waals surface area contributed by atoms with Gasteiger partial charge in [0.1, 0.15) is 12.4 Å². The second-order valence-electron chi connectivity index (χ2n) is 3.46. The summed E-state index contributed by atoms with van der Waals surface area (Å²) >= 11 is 0. The van der Waals surface area contributed by atoms with Crippen LogP contribution in [-0.2, 0) is 16.1 Å². The van der Waals surface area contributed by atoms with Crippen LogP contribution in [0, 0.1) is 0 Å². The van der Waals surface area contributed by atoms with Crippen LogP contribution < -0.4 is 0 Å². The average Bonchev–Trinajstić information content (AvgIpc) is 2.26. The van der Waals surface area contributed by atoms with Crippen LogP contribution >= 0.6 is 0 Å². The molecule has 1 aromatic carbocycles. The summed E-state index contributed by atoms with van der Waals surface area (Å²) in [5.74, 6) is -0.116. The van der Waals surface area contributed by atoms with Crippen molar-refractivity contribution in [2.75, 3.05) is 0 Å². The molecule has 0 radical (unpaired) electrons. The zero-order valence-corrected chi connectivity index (χ0v) is 8.80. The molecule has 0 saturated carbocycles. The Morgan fingerprint density at radius 2 is 2.19 bits per heavy atom. The Labute approximate surface area is 92.5 Å². The number of aromatic nitrogens is 1. The van der Waals surface area contributed by atoms with E-state index in [9.17, 15) is 9.90 Å². The first kappa shape index (κ1) is 10.4. The van der Waals surface area contributed by atoms with Gasteiger partial charge in [0.05, 0.1) is 11.2 Å². The van der Waals surface area contributed by atoms with E-state index in [1.165, 1.54) is 6.92 Å². The molecule has 2 rings (SSSR count). The van der Waals surface area contributed by atoms with Gasteiger partial charge < -0.3 is 9.84 Å². The Kier molecular flexibility index (Phi) is 2.72. The third-order valence-corrected chi connectivity index (χ3v) is 2.15. The molecule has 0 atom stereocenters. The molecule has 4 nitrogen and oxygen atoms in total. The standard InChI is InChI=1S/C12H11NO3/c1-8(14)16-7-10-3-2-9-6-11(15)4-5-12(9)13-10/h2-6,15H,7H2,1H3. The van der Waals surface area contributed by atoms with E-state index in [1.54, 1.807) is 24.3 Å². The van der Waals surface area contributed by atoms with Crippen LogP contribution in [0.4, 0.5) is 0 Å². The summed E-state index contributed by atoms with van der Waals surface area (Å²) in [6.45, 7) is 1.53. The maximum atomic E-state index is 10.6. The molecule has 0 aliphatic heterocycles. The molecule has 0 spiro atoms. The van der Waals surface area contributed by atoms with Crippen LogP contribution in [0.25, 0.3) is 10.9 Å². The first-order chi connectivity index (χ1) is 7.65. The number of nitrogens with zero attached hydrogens (tertiary/aromatic N) is 1. The van der Waals surface area contributed by atoms with E-state index in [-0.39, 0.29) is 18.3 Å². The quantitative estimate of drug-likeness (QED) is 0.781. The van der Waals surface area contributed by atoms with E-state index in [1.807, 2.05) is 6.07 Å². The molecule has 16 heavy (non-hydrogen) atoms. The third-order valence-electron chi connectivity index (χ3n) is 2.15. The van der Waals surface area contributed by atoms with Gasteiger partial charge in [-0.25, -0.2) is 4.98 Å². The number of hydrogen-bond donors (Lipinski definition) is 1. The number of hydrogen-bond acceptors (Lipinski definition) is 4. The zero-order valence-electron chi connectivity index (χ0n) is 8.80. The molecule has 0 saturated heterocycles. The minimum Gasteiger partial charge on any atom is -0.508 e. The van der Waals surface area contributed by atoms with Crippen molar-refractivity contribution in [2.24, 2.45) is 0 Å². The van der Waals surface area contributed by atoms with E-state index in [4.69, 9.17) is 4.74 Å². The van der Waals surface area contributed by atoms with Gasteiger partial charge in [0, 0.05) is 12.3 Å². The molecule has 82 valence electrons. The molecule has 0 aliphatic rings. The second kappa shape index (κ2) is 4.18. The summed E-state index contributed by atoms with van der Waals surface area (Å²) in [7, 11) is 0. The van der Waals surface area contributed by atoms with E-state index in [0.717, 1.165) is 10.9 Å². The average molecular weight is 217 g/mol. The Balaban J connectivity index is 2.30. The molecule has 0 bridgehead atoms. The summed E-state index contributed by atoms with van der Waals surface area (Å²) in [6, 6.07) is 8.54. The Hall–Kier alpha value is -2.10. The molecule has 0 fully saturated rings. The lowest BCUT2D eigenvalue weighted by Gasteiger charge is -2.03. The lowest BCUT2D eigenvalue weighted by Crippen LogP contribution is -2.00. The van der Waals surface area contributed by atoms with Crippen molar-refractivity contribution in [1.29, 1.82) is 0 Å². The summed E-state index contributed by atoms with van der Waals surface area (Å²) in [6.07, 6.45) is 0. The molecule has 4 heteroatoms. The fraction of sp³-hybridized carbons (Fsp3) is 0.167. The Morgan fingerprint density at radius 3 is 2.94 bits per heavy atom. The molecule has 0 aliphatic carbocycles. The van der Waals surface area contributed by atoms with Gasteiger partial charge in [-0.3, -0.25) is 4.79 Å². The van der Waals surface area contributed by atoms with Crippen LogP contribution in [0.2, 0.25) is 0 Å². The van der Waals surface area contributed by atoms with E-state index >= 15 is 0 Å². The zero-order chi connectivity index (χ0) is 11.5. The van der Waals surface area contributed by atoms with Crippen molar-refractivity contribution in [3.05, 3.63) is 36.0 Å². The third kappa shape index (κ3) is 2.28. The number of carbonyl (C=O) groups is 1. The van der Waals surface area contributed by atoms with Gasteiger partial charge in [-0.15, -0.1) is 0 Å². The minimum absolute atomic E-state index is 0.173. The summed E-state index contributed by atoms with van der Waals surface area (Å²) < 4.78 is 4.85. The minimum atomic E-state index is -0.326. The number of pyridine rings is 1. The molecule has 0 amide bonds. The maximum absolute atomic E-state index is 10.6. The van der Waals surface area contributed by atoms with Gasteiger partial charge in [0.2, 0.25) is 0 Å². The molecule has 1 aromatic heterocycles. The summed E-state index contributed by atoms with van der Waals surface area (Å²) in [4.78, 5) is 14.9. The number of phenols is 1. The van der Waals surface area contributed by atoms with Crippen LogP contribution in [-0.4, -0.2) is 16.1 Å². The number of esters is 1. The number of aromatic hydroxyl groups is 1. The van der Waals surface area contributed by atoms with E-state index in [0.29, 0.717) is 5.69 Å². The lowest BCUT2D eigenvalue weighted by atomic mass is 10.2. The van der Waals surface area contributed by atoms with Gasteiger partial charge >= 0.3 is 5.97 Å². The van der Waals surface area contributed by atoms with Crippen LogP contribution in [0.3, 0.4) is 0 Å². The van der Waals surface area contributed by atoms with Gasteiger partial charge in [0.15, 0.2) is 0 Å². The highest BCUT2D eigenvalue weighted by molar-refractivity contribution is 5.80. The van der Waals surface area contributed by atoms with Crippen molar-refractivity contribution in [1.82, 2.24) is 4.98 Å². The van der Waals surface area contributed by atoms with Crippen molar-refractivity contribution >= 4 is 16.9 Å². The lowest BCUT2D eigenvalue weighted by molar-refractivity contribution is -0.142. The smallest absolute Gasteiger partial charge is 0.303 e. The Morgan fingerprint density at radius 1 is 1.38 bits per heavy atom. The molecule has 1 N–H and O–H groups in total. The summed E-state index contributed by atoms with van der Waals surface area (Å²) in [5, 5.41) is 10.1. The van der Waals surface area contributed by atoms with Crippen molar-refractivity contribution < 1.29 is 14.6 Å². The molecule has 0 unspecified atom stereocenters. The first-order valence-corrected chi connectivity index (χ1v) is 4.87. The van der Waals surface area contributed by atoms with Crippen molar-refractivity contribution in [3.8, 4) is 5.75 Å². The second-order valence-corrected chi connectivity index (χ2v) is 3.46. The number of rotatable bonds is 2. The van der Waals surface area contributed by atoms with Crippen molar-refractivity contribution in [2.45, 2.75) is 13.5 Å². The predicted octanol–water partition coefficient (Wildman–Crippen LogP) is 2.00. The fourth-order valence-corrected chi connectivity index (χ4v) is 1.41. The SMILES string of the molecule is CC(=O)OCc1ccc2cc(O)ccc2n1. The van der Waals surface area contributed by atoms with Crippen molar-refractivity contribution in [3.63, 3.8) is 0 Å². The first-order valence-electron chi connectivity index (χ1n) is 4.87. The number of phenolic OH excluding ortho intramolecular Hbond substituents is 1. The van der Waals surface area contributed by atoms with Crippen LogP contribution in [0.1, 0.15) is 12.6 Å².